The highest BCUT2D eigenvalue weighted by Crippen LogP contribution is 2.64. The summed E-state index contributed by atoms with van der Waals surface area (Å²) in [4.78, 5) is 5.58. The summed E-state index contributed by atoms with van der Waals surface area (Å²) in [5.41, 5.74) is 15.4. The van der Waals surface area contributed by atoms with Crippen LogP contribution in [0.1, 0.15) is 150 Å². The predicted molar refractivity (Wildman–Crippen MR) is 247 cm³/mol. The highest BCUT2D eigenvalue weighted by molar-refractivity contribution is 5.90. The topological polar surface area (TPSA) is 53.4 Å². The molecule has 3 nitrogen and oxygen atoms in total. The zero-order chi connectivity index (χ0) is 41.2. The van der Waals surface area contributed by atoms with Crippen LogP contribution in [0.2, 0.25) is 0 Å². The maximum Gasteiger partial charge on any atom is 0.127 e. The van der Waals surface area contributed by atoms with E-state index in [1.54, 1.807) is 0 Å². The van der Waals surface area contributed by atoms with Crippen LogP contribution >= 0.6 is 0 Å². The minimum atomic E-state index is 0.0878. The third kappa shape index (κ3) is 6.29. The fraction of sp³-hybridized carbons (Fsp3) is 0.491. The maximum atomic E-state index is 12.5. The second-order valence-electron chi connectivity index (χ2n) is 22.1. The third-order valence-corrected chi connectivity index (χ3v) is 17.0. The molecule has 4 aromatic carbocycles. The number of hydrogen-bond acceptors (Lipinski definition) is 3. The number of nitrogens with zero attached hydrogens (tertiary/aromatic N) is 1. The van der Waals surface area contributed by atoms with E-state index in [1.807, 2.05) is 0 Å². The first-order valence-corrected chi connectivity index (χ1v) is 23.8. The van der Waals surface area contributed by atoms with Gasteiger partial charge in [-0.25, -0.2) is 4.98 Å². The number of aromatic hydroxyl groups is 2. The van der Waals surface area contributed by atoms with Crippen molar-refractivity contribution >= 4 is 0 Å². The molecule has 60 heavy (non-hydrogen) atoms. The van der Waals surface area contributed by atoms with Crippen LogP contribution in [0.25, 0.3) is 44.8 Å². The molecule has 5 aromatic rings. The molecule has 0 radical (unpaired) electrons. The monoisotopic (exact) mass is 796 g/mol. The molecule has 1 heterocycles. The Bertz CT molecular complexity index is 2280. The van der Waals surface area contributed by atoms with Crippen molar-refractivity contribution in [3.05, 3.63) is 112 Å². The molecule has 0 atom stereocenters. The highest BCUT2D eigenvalue weighted by atomic mass is 16.3. The Morgan fingerprint density at radius 1 is 0.450 bits per heavy atom. The average molecular weight is 796 g/mol. The van der Waals surface area contributed by atoms with E-state index in [4.69, 9.17) is 4.98 Å². The minimum absolute atomic E-state index is 0.0878. The van der Waals surface area contributed by atoms with Crippen molar-refractivity contribution in [1.82, 2.24) is 4.98 Å². The maximum absolute atomic E-state index is 12.5. The molecule has 8 fully saturated rings. The second kappa shape index (κ2) is 14.1. The summed E-state index contributed by atoms with van der Waals surface area (Å²) in [6.07, 6.45) is 15.6. The summed E-state index contributed by atoms with van der Waals surface area (Å²) in [6, 6.07) is 29.2. The van der Waals surface area contributed by atoms with E-state index in [-0.39, 0.29) is 10.8 Å². The minimum Gasteiger partial charge on any atom is -0.507 e. The molecule has 310 valence electrons. The molecule has 13 rings (SSSR count). The number of rotatable bonds is 8. The zero-order valence-electron chi connectivity index (χ0n) is 37.0. The standard InChI is InChI=1S/C57H65NO2/c1-32(2)42-10-12-44(48-14-34(5)16-50(54(48)59)56-26-36-18-37(27-56)20-38(19-36)28-56)46(24-42)52-8-7-9-53(58-52)47-25-43(33(3)4)11-13-45(47)49-15-35(6)17-51(55(49)60)57-29-39-21-40(30-57)23-41(22-39)31-57/h7-17,24-25,32-33,36-41,59-60H,18-23,26-31H2,1-6H3. The molecule has 0 saturated heterocycles. The lowest BCUT2D eigenvalue weighted by atomic mass is 9.48. The molecule has 0 spiro atoms. The lowest BCUT2D eigenvalue weighted by Crippen LogP contribution is -2.48. The van der Waals surface area contributed by atoms with E-state index in [0.29, 0.717) is 23.3 Å². The van der Waals surface area contributed by atoms with Gasteiger partial charge in [-0.2, -0.15) is 0 Å². The van der Waals surface area contributed by atoms with Gasteiger partial charge in [0.15, 0.2) is 0 Å². The Balaban J connectivity index is 1.05. The first-order chi connectivity index (χ1) is 28.8. The number of phenolic OH excluding ortho intramolecular Hbond substituents is 2. The van der Waals surface area contributed by atoms with Crippen molar-refractivity contribution in [1.29, 1.82) is 0 Å². The van der Waals surface area contributed by atoms with Gasteiger partial charge in [0.2, 0.25) is 0 Å². The first kappa shape index (κ1) is 38.5. The Morgan fingerprint density at radius 2 is 0.800 bits per heavy atom. The first-order valence-electron chi connectivity index (χ1n) is 23.8. The van der Waals surface area contributed by atoms with Crippen LogP contribution in [0.15, 0.2) is 78.9 Å². The fourth-order valence-electron chi connectivity index (χ4n) is 15.1. The lowest BCUT2D eigenvalue weighted by Gasteiger charge is -2.57. The number of pyridine rings is 1. The molecule has 1 aromatic heterocycles. The van der Waals surface area contributed by atoms with Gasteiger partial charge in [0.25, 0.3) is 0 Å². The average Bonchev–Trinajstić information content (AvgIpc) is 3.21. The van der Waals surface area contributed by atoms with E-state index in [9.17, 15) is 10.2 Å². The molecule has 0 aliphatic heterocycles. The Hall–Kier alpha value is -4.37. The number of aryl methyl sites for hydroxylation is 2. The summed E-state index contributed by atoms with van der Waals surface area (Å²) in [5, 5.41) is 25.1. The van der Waals surface area contributed by atoms with Gasteiger partial charge in [0, 0.05) is 33.4 Å². The van der Waals surface area contributed by atoms with Crippen molar-refractivity contribution in [2.75, 3.05) is 0 Å². The molecule has 0 amide bonds. The van der Waals surface area contributed by atoms with E-state index in [0.717, 1.165) is 80.3 Å². The fourth-order valence-corrected chi connectivity index (χ4v) is 15.1. The molecular weight excluding hydrogens is 731 g/mol. The van der Waals surface area contributed by atoms with Gasteiger partial charge in [-0.15, -0.1) is 0 Å². The largest absolute Gasteiger partial charge is 0.507 e. The van der Waals surface area contributed by atoms with Crippen LogP contribution in [0.4, 0.5) is 0 Å². The van der Waals surface area contributed by atoms with Crippen molar-refractivity contribution in [2.45, 2.75) is 141 Å². The van der Waals surface area contributed by atoms with Gasteiger partial charge in [0.1, 0.15) is 11.5 Å². The van der Waals surface area contributed by atoms with Gasteiger partial charge in [-0.3, -0.25) is 0 Å². The molecule has 8 saturated carbocycles. The molecule has 0 unspecified atom stereocenters. The Labute approximate surface area is 359 Å². The Morgan fingerprint density at radius 3 is 1.13 bits per heavy atom. The number of hydrogen-bond donors (Lipinski definition) is 2. The summed E-state index contributed by atoms with van der Waals surface area (Å²) in [5.74, 6) is 6.47. The van der Waals surface area contributed by atoms with E-state index >= 15 is 0 Å². The molecule has 2 N–H and O–H groups in total. The van der Waals surface area contributed by atoms with Crippen LogP contribution < -0.4 is 0 Å². The van der Waals surface area contributed by atoms with Crippen LogP contribution in [-0.4, -0.2) is 15.2 Å². The van der Waals surface area contributed by atoms with E-state index in [1.165, 1.54) is 110 Å². The number of benzene rings is 4. The van der Waals surface area contributed by atoms with Crippen LogP contribution in [-0.2, 0) is 10.8 Å². The quantitative estimate of drug-likeness (QED) is 0.164. The summed E-state index contributed by atoms with van der Waals surface area (Å²) in [7, 11) is 0. The van der Waals surface area contributed by atoms with Gasteiger partial charge >= 0.3 is 0 Å². The molecular formula is C57H65NO2. The normalized spacial score (nSPS) is 29.9. The van der Waals surface area contributed by atoms with Gasteiger partial charge in [-0.05, 0) is 219 Å². The predicted octanol–water partition coefficient (Wildman–Crippen LogP) is 15.0. The third-order valence-electron chi connectivity index (χ3n) is 17.0. The van der Waals surface area contributed by atoms with Gasteiger partial charge < -0.3 is 10.2 Å². The van der Waals surface area contributed by atoms with Crippen LogP contribution in [0.5, 0.6) is 11.5 Å². The smallest absolute Gasteiger partial charge is 0.127 e. The lowest BCUT2D eigenvalue weighted by molar-refractivity contribution is -0.00627. The second-order valence-corrected chi connectivity index (χ2v) is 22.1. The number of aromatic nitrogens is 1. The van der Waals surface area contributed by atoms with Crippen molar-refractivity contribution in [3.63, 3.8) is 0 Å². The molecule has 3 heteroatoms. The summed E-state index contributed by atoms with van der Waals surface area (Å²) in [6.45, 7) is 13.5. The van der Waals surface area contributed by atoms with E-state index in [2.05, 4.69) is 120 Å². The van der Waals surface area contributed by atoms with Crippen molar-refractivity contribution < 1.29 is 10.2 Å². The highest BCUT2D eigenvalue weighted by Gasteiger charge is 2.54. The SMILES string of the molecule is Cc1cc(-c2ccc(C(C)C)cc2-c2cccc(-c3cc(C(C)C)ccc3-c3cc(C)cc(C45CC6CC(CC(C6)C4)C5)c3O)n2)c(O)c(C23CC4CC(CC(C4)C2)C3)c1. The molecule has 8 bridgehead atoms. The van der Waals surface area contributed by atoms with Crippen molar-refractivity contribution in [3.8, 4) is 56.3 Å². The van der Waals surface area contributed by atoms with Gasteiger partial charge in [0.05, 0.1) is 11.4 Å². The van der Waals surface area contributed by atoms with Crippen molar-refractivity contribution in [2.24, 2.45) is 35.5 Å². The summed E-state index contributed by atoms with van der Waals surface area (Å²) < 4.78 is 0. The van der Waals surface area contributed by atoms with E-state index < -0.39 is 0 Å². The van der Waals surface area contributed by atoms with Crippen LogP contribution in [0.3, 0.4) is 0 Å². The summed E-state index contributed by atoms with van der Waals surface area (Å²) >= 11 is 0. The Kier molecular flexibility index (Phi) is 9.05. The van der Waals surface area contributed by atoms with Crippen LogP contribution in [0, 0.1) is 49.4 Å². The molecule has 8 aliphatic carbocycles. The van der Waals surface area contributed by atoms with Gasteiger partial charge in [-0.1, -0.05) is 70.2 Å². The molecule has 8 aliphatic rings. The number of phenols is 2. The zero-order valence-corrected chi connectivity index (χ0v) is 37.0.